The van der Waals surface area contributed by atoms with Gasteiger partial charge in [-0.15, -0.1) is 0 Å². The molecule has 4 aliphatic carbocycles. The smallest absolute Gasteiger partial charge is 0.308 e. The van der Waals surface area contributed by atoms with Gasteiger partial charge in [-0.25, -0.2) is 0 Å². The number of Topliss-reactive ketones (excluding diaryl/α,β-unsaturated/α-hetero) is 1. The van der Waals surface area contributed by atoms with E-state index in [-0.39, 0.29) is 34.7 Å². The molecular formula is C23H34O4. The number of carbonyl (C=O) groups is 2. The van der Waals surface area contributed by atoms with Gasteiger partial charge in [0.1, 0.15) is 11.9 Å². The second-order valence-corrected chi connectivity index (χ2v) is 10.3. The first-order chi connectivity index (χ1) is 12.7. The summed E-state index contributed by atoms with van der Waals surface area (Å²) in [6, 6.07) is 0. The lowest BCUT2D eigenvalue weighted by atomic mass is 9.47. The van der Waals surface area contributed by atoms with Gasteiger partial charge in [-0.05, 0) is 55.3 Å². The van der Waals surface area contributed by atoms with Crippen LogP contribution in [0.5, 0.6) is 0 Å². The minimum atomic E-state index is -0.479. The molecule has 3 fully saturated rings. The minimum Gasteiger partial charge on any atom is -0.462 e. The summed E-state index contributed by atoms with van der Waals surface area (Å²) >= 11 is 0. The van der Waals surface area contributed by atoms with Crippen LogP contribution >= 0.6 is 0 Å². The molecule has 4 unspecified atom stereocenters. The van der Waals surface area contributed by atoms with Crippen LogP contribution in [0.25, 0.3) is 0 Å². The summed E-state index contributed by atoms with van der Waals surface area (Å²) in [7, 11) is 0. The van der Waals surface area contributed by atoms with E-state index in [2.05, 4.69) is 19.9 Å². The Balaban J connectivity index is 1.59. The molecule has 4 aliphatic rings. The summed E-state index contributed by atoms with van der Waals surface area (Å²) in [4.78, 5) is 24.5. The Morgan fingerprint density at radius 2 is 1.81 bits per heavy atom. The van der Waals surface area contributed by atoms with Crippen molar-refractivity contribution in [1.82, 2.24) is 0 Å². The highest BCUT2D eigenvalue weighted by atomic mass is 16.5. The van der Waals surface area contributed by atoms with Crippen LogP contribution < -0.4 is 0 Å². The van der Waals surface area contributed by atoms with E-state index < -0.39 is 6.10 Å². The minimum absolute atomic E-state index is 0.0649. The van der Waals surface area contributed by atoms with E-state index in [0.29, 0.717) is 24.0 Å². The Morgan fingerprint density at radius 3 is 2.52 bits per heavy atom. The molecule has 1 N–H and O–H groups in total. The molecule has 7 atom stereocenters. The summed E-state index contributed by atoms with van der Waals surface area (Å²) in [6.45, 7) is 8.22. The van der Waals surface area contributed by atoms with Crippen LogP contribution in [0.2, 0.25) is 0 Å². The molecule has 4 rings (SSSR count). The number of fused-ring (bicyclic) bond motifs is 5. The zero-order chi connectivity index (χ0) is 19.6. The van der Waals surface area contributed by atoms with Crippen LogP contribution in [0.15, 0.2) is 11.6 Å². The maximum Gasteiger partial charge on any atom is 0.308 e. The van der Waals surface area contributed by atoms with Crippen LogP contribution in [-0.4, -0.2) is 29.1 Å². The maximum absolute atomic E-state index is 12.5. The van der Waals surface area contributed by atoms with Gasteiger partial charge in [0, 0.05) is 18.3 Å². The van der Waals surface area contributed by atoms with Gasteiger partial charge in [-0.1, -0.05) is 39.3 Å². The lowest BCUT2D eigenvalue weighted by Gasteiger charge is -2.58. The van der Waals surface area contributed by atoms with E-state index in [4.69, 9.17) is 4.74 Å². The van der Waals surface area contributed by atoms with Gasteiger partial charge in [-0.3, -0.25) is 9.59 Å². The standard InChI is InChI=1S/C23H34O4/c1-13(2)21(26)27-15-7-9-22(3)14(11-15)12-18(24)20-16-5-6-19(25)23(16,4)10-8-17(20)22/h12-13,15-18,20,24H,5-11H2,1-4H3/t15-,16?,17?,18?,20?,22-,23-/m0/s1. The van der Waals surface area contributed by atoms with Crippen molar-refractivity contribution in [3.8, 4) is 0 Å². The summed E-state index contributed by atoms with van der Waals surface area (Å²) in [5.41, 5.74) is 1.11. The van der Waals surface area contributed by atoms with Gasteiger partial charge in [-0.2, -0.15) is 0 Å². The van der Waals surface area contributed by atoms with Gasteiger partial charge in [0.2, 0.25) is 0 Å². The summed E-state index contributed by atoms with van der Waals surface area (Å²) < 4.78 is 5.71. The highest BCUT2D eigenvalue weighted by molar-refractivity contribution is 5.87. The molecule has 0 radical (unpaired) electrons. The van der Waals surface area contributed by atoms with Crippen molar-refractivity contribution in [2.45, 2.75) is 84.8 Å². The summed E-state index contributed by atoms with van der Waals surface area (Å²) in [5.74, 6) is 1.10. The Bertz CT molecular complexity index is 680. The Labute approximate surface area is 162 Å². The predicted octanol–water partition coefficient (Wildman–Crippen LogP) is 4.06. The second-order valence-electron chi connectivity index (χ2n) is 10.3. The third kappa shape index (κ3) is 2.82. The highest BCUT2D eigenvalue weighted by Gasteiger charge is 2.60. The van der Waals surface area contributed by atoms with Gasteiger partial charge < -0.3 is 9.84 Å². The fourth-order valence-electron chi connectivity index (χ4n) is 6.79. The number of ketones is 1. The van der Waals surface area contributed by atoms with Crippen LogP contribution in [0.3, 0.4) is 0 Å². The number of rotatable bonds is 2. The van der Waals surface area contributed by atoms with Crippen molar-refractivity contribution in [2.75, 3.05) is 0 Å². The van der Waals surface area contributed by atoms with Crippen molar-refractivity contribution in [3.05, 3.63) is 11.6 Å². The first-order valence-electron chi connectivity index (χ1n) is 10.8. The molecule has 150 valence electrons. The zero-order valence-corrected chi connectivity index (χ0v) is 17.2. The fraction of sp³-hybridized carbons (Fsp3) is 0.826. The summed E-state index contributed by atoms with van der Waals surface area (Å²) in [5, 5.41) is 11.1. The van der Waals surface area contributed by atoms with E-state index in [0.717, 1.165) is 38.5 Å². The summed E-state index contributed by atoms with van der Waals surface area (Å²) in [6.07, 6.45) is 7.74. The Hall–Kier alpha value is -1.16. The topological polar surface area (TPSA) is 63.6 Å². The maximum atomic E-state index is 12.5. The van der Waals surface area contributed by atoms with Crippen molar-refractivity contribution < 1.29 is 19.4 Å². The zero-order valence-electron chi connectivity index (χ0n) is 17.2. The molecule has 0 spiro atoms. The molecule has 0 aromatic carbocycles. The third-order valence-electron chi connectivity index (χ3n) is 8.55. The average Bonchev–Trinajstić information content (AvgIpc) is 2.91. The normalized spacial score (nSPS) is 46.4. The van der Waals surface area contributed by atoms with E-state index in [1.54, 1.807) is 0 Å². The average molecular weight is 375 g/mol. The molecule has 4 heteroatoms. The van der Waals surface area contributed by atoms with Crippen LogP contribution in [-0.2, 0) is 14.3 Å². The largest absolute Gasteiger partial charge is 0.462 e. The van der Waals surface area contributed by atoms with Gasteiger partial charge in [0.25, 0.3) is 0 Å². The van der Waals surface area contributed by atoms with Crippen molar-refractivity contribution in [2.24, 2.45) is 34.5 Å². The Morgan fingerprint density at radius 1 is 1.15 bits per heavy atom. The van der Waals surface area contributed by atoms with E-state index >= 15 is 0 Å². The van der Waals surface area contributed by atoms with Crippen molar-refractivity contribution in [1.29, 1.82) is 0 Å². The fourth-order valence-corrected chi connectivity index (χ4v) is 6.79. The SMILES string of the molecule is CC(C)C(=O)O[C@H]1CC[C@@]2(C)C(=CC(O)C3C2CC[C@]2(C)C(=O)CCC32)C1. The lowest BCUT2D eigenvalue weighted by molar-refractivity contribution is -0.155. The number of hydrogen-bond donors (Lipinski definition) is 1. The first-order valence-corrected chi connectivity index (χ1v) is 10.8. The van der Waals surface area contributed by atoms with E-state index in [1.165, 1.54) is 5.57 Å². The van der Waals surface area contributed by atoms with Gasteiger partial charge in [0.05, 0.1) is 12.0 Å². The monoisotopic (exact) mass is 374 g/mol. The van der Waals surface area contributed by atoms with E-state index in [1.807, 2.05) is 13.8 Å². The molecule has 0 heterocycles. The molecule has 27 heavy (non-hydrogen) atoms. The molecule has 3 saturated carbocycles. The van der Waals surface area contributed by atoms with Gasteiger partial charge in [0.15, 0.2) is 0 Å². The van der Waals surface area contributed by atoms with Crippen molar-refractivity contribution >= 4 is 11.8 Å². The molecule has 0 bridgehead atoms. The predicted molar refractivity (Wildman–Crippen MR) is 103 cm³/mol. The number of aliphatic hydroxyl groups excluding tert-OH is 1. The van der Waals surface area contributed by atoms with Crippen LogP contribution in [0.1, 0.15) is 72.6 Å². The first kappa shape index (κ1) is 19.2. The van der Waals surface area contributed by atoms with Crippen molar-refractivity contribution in [3.63, 3.8) is 0 Å². The number of carbonyl (C=O) groups excluding carboxylic acids is 2. The molecule has 0 saturated heterocycles. The molecular weight excluding hydrogens is 340 g/mol. The van der Waals surface area contributed by atoms with Crippen LogP contribution in [0.4, 0.5) is 0 Å². The molecule has 0 amide bonds. The third-order valence-corrected chi connectivity index (χ3v) is 8.55. The number of aliphatic hydroxyl groups is 1. The van der Waals surface area contributed by atoms with Crippen LogP contribution in [0, 0.1) is 34.5 Å². The molecule has 0 aromatic rings. The molecule has 0 aromatic heterocycles. The number of hydrogen-bond acceptors (Lipinski definition) is 4. The van der Waals surface area contributed by atoms with E-state index in [9.17, 15) is 14.7 Å². The molecule has 0 aliphatic heterocycles. The quantitative estimate of drug-likeness (QED) is 0.585. The Kier molecular flexibility index (Phi) is 4.57. The number of ether oxygens (including phenoxy) is 1. The van der Waals surface area contributed by atoms with Gasteiger partial charge >= 0.3 is 5.97 Å². The highest BCUT2D eigenvalue weighted by Crippen LogP contribution is 2.64. The number of esters is 1. The molecule has 4 nitrogen and oxygen atoms in total. The lowest BCUT2D eigenvalue weighted by Crippen LogP contribution is -2.54. The second kappa shape index (κ2) is 6.43.